The number of rotatable bonds is 3. The van der Waals surface area contributed by atoms with Gasteiger partial charge in [0.2, 0.25) is 5.91 Å². The van der Waals surface area contributed by atoms with Crippen LogP contribution in [0.25, 0.3) is 0 Å². The predicted octanol–water partition coefficient (Wildman–Crippen LogP) is 0.812. The Morgan fingerprint density at radius 1 is 1.24 bits per heavy atom. The van der Waals surface area contributed by atoms with Gasteiger partial charge < -0.3 is 10.6 Å². The van der Waals surface area contributed by atoms with E-state index < -0.39 is 0 Å². The zero-order valence-electron chi connectivity index (χ0n) is 11.0. The summed E-state index contributed by atoms with van der Waals surface area (Å²) in [6.45, 7) is 6.03. The van der Waals surface area contributed by atoms with Crippen LogP contribution in [0.15, 0.2) is 0 Å². The first-order chi connectivity index (χ1) is 8.22. The standard InChI is InChI=1S/C13H25N3O/c1-2-15-8-9-16(10-12(15)17)13(11-14)6-4-3-5-7-13/h2-11,14H2,1H3. The summed E-state index contributed by atoms with van der Waals surface area (Å²) in [5, 5.41) is 0. The lowest BCUT2D eigenvalue weighted by molar-refractivity contribution is -0.139. The van der Waals surface area contributed by atoms with Crippen LogP contribution in [0.1, 0.15) is 39.0 Å². The number of hydrogen-bond donors (Lipinski definition) is 1. The maximum absolute atomic E-state index is 12.0. The number of piperazine rings is 1. The van der Waals surface area contributed by atoms with E-state index in [1.807, 2.05) is 11.8 Å². The summed E-state index contributed by atoms with van der Waals surface area (Å²) in [5.41, 5.74) is 6.13. The Kier molecular flexibility index (Phi) is 4.05. The molecule has 1 aliphatic heterocycles. The fourth-order valence-electron chi connectivity index (χ4n) is 3.31. The van der Waals surface area contributed by atoms with Crippen LogP contribution in [0.2, 0.25) is 0 Å². The van der Waals surface area contributed by atoms with E-state index >= 15 is 0 Å². The van der Waals surface area contributed by atoms with E-state index in [0.29, 0.717) is 13.1 Å². The summed E-state index contributed by atoms with van der Waals surface area (Å²) in [4.78, 5) is 16.3. The summed E-state index contributed by atoms with van der Waals surface area (Å²) in [7, 11) is 0. The van der Waals surface area contributed by atoms with Gasteiger partial charge in [0.1, 0.15) is 0 Å². The van der Waals surface area contributed by atoms with Crippen LogP contribution in [0, 0.1) is 0 Å². The highest BCUT2D eigenvalue weighted by molar-refractivity contribution is 5.79. The number of nitrogens with zero attached hydrogens (tertiary/aromatic N) is 2. The molecule has 0 atom stereocenters. The van der Waals surface area contributed by atoms with Crippen molar-refractivity contribution >= 4 is 5.91 Å². The second-order valence-corrected chi connectivity index (χ2v) is 5.38. The van der Waals surface area contributed by atoms with Gasteiger partial charge in [0.15, 0.2) is 0 Å². The molecule has 4 nitrogen and oxygen atoms in total. The fraction of sp³-hybridized carbons (Fsp3) is 0.923. The lowest BCUT2D eigenvalue weighted by Crippen LogP contribution is -2.62. The molecule has 0 radical (unpaired) electrons. The van der Waals surface area contributed by atoms with Crippen molar-refractivity contribution in [3.05, 3.63) is 0 Å². The molecule has 0 aromatic carbocycles. The van der Waals surface area contributed by atoms with Gasteiger partial charge in [0.25, 0.3) is 0 Å². The number of amides is 1. The van der Waals surface area contributed by atoms with Crippen molar-refractivity contribution in [2.24, 2.45) is 5.73 Å². The molecule has 0 spiro atoms. The Morgan fingerprint density at radius 2 is 1.94 bits per heavy atom. The molecule has 2 fully saturated rings. The Bertz CT molecular complexity index is 274. The quantitative estimate of drug-likeness (QED) is 0.793. The Labute approximate surface area is 104 Å². The van der Waals surface area contributed by atoms with Crippen LogP contribution in [0.3, 0.4) is 0 Å². The number of nitrogens with two attached hydrogens (primary N) is 1. The number of carbonyl (C=O) groups is 1. The second kappa shape index (κ2) is 5.36. The van der Waals surface area contributed by atoms with E-state index in [-0.39, 0.29) is 11.4 Å². The van der Waals surface area contributed by atoms with Crippen molar-refractivity contribution in [2.75, 3.05) is 32.7 Å². The summed E-state index contributed by atoms with van der Waals surface area (Å²) in [6, 6.07) is 0. The molecule has 0 aromatic rings. The molecule has 0 aromatic heterocycles. The van der Waals surface area contributed by atoms with E-state index in [9.17, 15) is 4.79 Å². The van der Waals surface area contributed by atoms with Crippen molar-refractivity contribution in [1.29, 1.82) is 0 Å². The molecule has 0 unspecified atom stereocenters. The number of likely N-dealkylation sites (N-methyl/N-ethyl adjacent to an activating group) is 1. The zero-order valence-corrected chi connectivity index (χ0v) is 11.0. The maximum Gasteiger partial charge on any atom is 0.236 e. The van der Waals surface area contributed by atoms with Gasteiger partial charge in [0, 0.05) is 31.7 Å². The van der Waals surface area contributed by atoms with Gasteiger partial charge >= 0.3 is 0 Å². The minimum atomic E-state index is 0.119. The first-order valence-electron chi connectivity index (χ1n) is 6.95. The zero-order chi connectivity index (χ0) is 12.3. The van der Waals surface area contributed by atoms with E-state index in [4.69, 9.17) is 5.73 Å². The van der Waals surface area contributed by atoms with Crippen molar-refractivity contribution in [3.8, 4) is 0 Å². The molecule has 1 heterocycles. The van der Waals surface area contributed by atoms with Gasteiger partial charge in [-0.2, -0.15) is 0 Å². The first kappa shape index (κ1) is 12.8. The highest BCUT2D eigenvalue weighted by Crippen LogP contribution is 2.33. The smallest absolute Gasteiger partial charge is 0.236 e. The molecule has 4 heteroatoms. The monoisotopic (exact) mass is 239 g/mol. The SMILES string of the molecule is CCN1CCN(C2(CN)CCCCC2)CC1=O. The van der Waals surface area contributed by atoms with Crippen molar-refractivity contribution in [2.45, 2.75) is 44.6 Å². The number of hydrogen-bond acceptors (Lipinski definition) is 3. The molecular weight excluding hydrogens is 214 g/mol. The molecular formula is C13H25N3O. The average molecular weight is 239 g/mol. The molecule has 2 N–H and O–H groups in total. The van der Waals surface area contributed by atoms with E-state index in [1.54, 1.807) is 0 Å². The molecule has 1 aliphatic carbocycles. The molecule has 2 aliphatic rings. The van der Waals surface area contributed by atoms with Gasteiger partial charge in [-0.25, -0.2) is 0 Å². The van der Waals surface area contributed by atoms with Crippen LogP contribution in [0.5, 0.6) is 0 Å². The van der Waals surface area contributed by atoms with Crippen LogP contribution >= 0.6 is 0 Å². The summed E-state index contributed by atoms with van der Waals surface area (Å²) in [6.07, 6.45) is 6.19. The van der Waals surface area contributed by atoms with Crippen molar-refractivity contribution < 1.29 is 4.79 Å². The third kappa shape index (κ3) is 2.47. The lowest BCUT2D eigenvalue weighted by atomic mass is 9.80. The summed E-state index contributed by atoms with van der Waals surface area (Å²) >= 11 is 0. The van der Waals surface area contributed by atoms with E-state index in [1.165, 1.54) is 32.1 Å². The lowest BCUT2D eigenvalue weighted by Gasteiger charge is -2.48. The van der Waals surface area contributed by atoms with E-state index in [2.05, 4.69) is 4.90 Å². The second-order valence-electron chi connectivity index (χ2n) is 5.38. The molecule has 0 bridgehead atoms. The first-order valence-corrected chi connectivity index (χ1v) is 6.95. The van der Waals surface area contributed by atoms with E-state index in [0.717, 1.165) is 19.6 Å². The fourth-order valence-corrected chi connectivity index (χ4v) is 3.31. The summed E-state index contributed by atoms with van der Waals surface area (Å²) in [5.74, 6) is 0.275. The molecule has 17 heavy (non-hydrogen) atoms. The average Bonchev–Trinajstić information content (AvgIpc) is 2.39. The molecule has 1 saturated carbocycles. The Balaban J connectivity index is 2.03. The molecule has 1 amide bonds. The van der Waals surface area contributed by atoms with Crippen LogP contribution < -0.4 is 5.73 Å². The highest BCUT2D eigenvalue weighted by atomic mass is 16.2. The van der Waals surface area contributed by atoms with Crippen LogP contribution in [-0.4, -0.2) is 54.0 Å². The third-order valence-electron chi connectivity index (χ3n) is 4.54. The third-order valence-corrected chi connectivity index (χ3v) is 4.54. The van der Waals surface area contributed by atoms with Crippen molar-refractivity contribution in [1.82, 2.24) is 9.80 Å². The minimum Gasteiger partial charge on any atom is -0.341 e. The normalized spacial score (nSPS) is 26.2. The van der Waals surface area contributed by atoms with Crippen molar-refractivity contribution in [3.63, 3.8) is 0 Å². The largest absolute Gasteiger partial charge is 0.341 e. The Hall–Kier alpha value is -0.610. The van der Waals surface area contributed by atoms with Crippen LogP contribution in [-0.2, 0) is 4.79 Å². The van der Waals surface area contributed by atoms with Gasteiger partial charge in [0.05, 0.1) is 6.54 Å². The van der Waals surface area contributed by atoms with Gasteiger partial charge in [-0.3, -0.25) is 9.69 Å². The molecule has 2 rings (SSSR count). The summed E-state index contributed by atoms with van der Waals surface area (Å²) < 4.78 is 0. The van der Waals surface area contributed by atoms with Gasteiger partial charge in [-0.15, -0.1) is 0 Å². The van der Waals surface area contributed by atoms with Crippen LogP contribution in [0.4, 0.5) is 0 Å². The minimum absolute atomic E-state index is 0.119. The molecule has 1 saturated heterocycles. The Morgan fingerprint density at radius 3 is 2.47 bits per heavy atom. The topological polar surface area (TPSA) is 49.6 Å². The van der Waals surface area contributed by atoms with Gasteiger partial charge in [-0.05, 0) is 19.8 Å². The predicted molar refractivity (Wildman–Crippen MR) is 68.7 cm³/mol. The molecule has 98 valence electrons. The van der Waals surface area contributed by atoms with Gasteiger partial charge in [-0.1, -0.05) is 19.3 Å². The maximum atomic E-state index is 12.0. The highest BCUT2D eigenvalue weighted by Gasteiger charge is 2.39. The number of carbonyl (C=O) groups excluding carboxylic acids is 1.